The van der Waals surface area contributed by atoms with Crippen LogP contribution in [0.1, 0.15) is 42.1 Å². The third-order valence-electron chi connectivity index (χ3n) is 5.04. The lowest BCUT2D eigenvalue weighted by molar-refractivity contribution is -0.122. The molecule has 2 aromatic rings. The second kappa shape index (κ2) is 9.93. The minimum absolute atomic E-state index is 0.0388. The normalized spacial score (nSPS) is 14.5. The lowest BCUT2D eigenvalue weighted by Gasteiger charge is -2.32. The minimum atomic E-state index is 0.0388. The Balaban J connectivity index is 1.42. The molecular formula is C23H28N2O3. The van der Waals surface area contributed by atoms with Crippen molar-refractivity contribution in [3.05, 3.63) is 65.7 Å². The van der Waals surface area contributed by atoms with Crippen molar-refractivity contribution in [1.82, 2.24) is 10.2 Å². The second-order valence-corrected chi connectivity index (χ2v) is 7.08. The highest BCUT2D eigenvalue weighted by atomic mass is 16.5. The molecule has 1 heterocycles. The molecule has 0 saturated carbocycles. The lowest BCUT2D eigenvalue weighted by Crippen LogP contribution is -2.46. The summed E-state index contributed by atoms with van der Waals surface area (Å²) in [7, 11) is 0. The molecule has 0 unspecified atom stereocenters. The Hall–Kier alpha value is -2.82. The van der Waals surface area contributed by atoms with Crippen molar-refractivity contribution >= 4 is 11.8 Å². The molecule has 5 nitrogen and oxygen atoms in total. The van der Waals surface area contributed by atoms with Crippen LogP contribution in [0, 0.1) is 0 Å². The van der Waals surface area contributed by atoms with Crippen molar-refractivity contribution < 1.29 is 14.3 Å². The molecule has 148 valence electrons. The number of amides is 2. The Labute approximate surface area is 166 Å². The summed E-state index contributed by atoms with van der Waals surface area (Å²) in [6, 6.07) is 17.5. The summed E-state index contributed by atoms with van der Waals surface area (Å²) >= 11 is 0. The molecule has 0 radical (unpaired) electrons. The molecular weight excluding hydrogens is 352 g/mol. The number of piperidine rings is 1. The predicted octanol–water partition coefficient (Wildman–Crippen LogP) is 3.44. The van der Waals surface area contributed by atoms with Gasteiger partial charge in [-0.3, -0.25) is 9.59 Å². The number of carbonyl (C=O) groups excluding carboxylic acids is 2. The van der Waals surface area contributed by atoms with E-state index in [4.69, 9.17) is 4.74 Å². The van der Waals surface area contributed by atoms with Crippen LogP contribution in [-0.4, -0.2) is 42.5 Å². The summed E-state index contributed by atoms with van der Waals surface area (Å²) in [5, 5.41) is 3.12. The maximum absolute atomic E-state index is 12.7. The van der Waals surface area contributed by atoms with Gasteiger partial charge in [-0.15, -0.1) is 0 Å². The van der Waals surface area contributed by atoms with Gasteiger partial charge in [0.15, 0.2) is 0 Å². The maximum Gasteiger partial charge on any atom is 0.253 e. The fourth-order valence-corrected chi connectivity index (χ4v) is 3.47. The van der Waals surface area contributed by atoms with Crippen LogP contribution in [0.5, 0.6) is 5.75 Å². The van der Waals surface area contributed by atoms with Crippen LogP contribution in [0.15, 0.2) is 54.6 Å². The molecule has 0 aliphatic carbocycles. The van der Waals surface area contributed by atoms with E-state index in [0.29, 0.717) is 31.7 Å². The molecule has 28 heavy (non-hydrogen) atoms. The standard InChI is InChI=1S/C23H28N2O3/c1-2-28-21-11-9-19(10-12-21)23(27)25-16-14-20(15-17-25)24-22(26)13-8-18-6-4-3-5-7-18/h3-7,9-12,20H,2,8,13-17H2,1H3,(H,24,26). The Morgan fingerprint density at radius 3 is 2.36 bits per heavy atom. The first-order valence-corrected chi connectivity index (χ1v) is 10.0. The fraction of sp³-hybridized carbons (Fsp3) is 0.391. The smallest absolute Gasteiger partial charge is 0.253 e. The average molecular weight is 380 g/mol. The second-order valence-electron chi connectivity index (χ2n) is 7.08. The molecule has 2 amide bonds. The van der Waals surface area contributed by atoms with Gasteiger partial charge in [0.05, 0.1) is 6.61 Å². The average Bonchev–Trinajstić information content (AvgIpc) is 2.74. The molecule has 0 bridgehead atoms. The SMILES string of the molecule is CCOc1ccc(C(=O)N2CCC(NC(=O)CCc3ccccc3)CC2)cc1. The van der Waals surface area contributed by atoms with Crippen molar-refractivity contribution in [3.63, 3.8) is 0 Å². The molecule has 1 N–H and O–H groups in total. The summed E-state index contributed by atoms with van der Waals surface area (Å²) in [5.74, 6) is 0.896. The number of carbonyl (C=O) groups is 2. The van der Waals surface area contributed by atoms with Crippen LogP contribution in [0.4, 0.5) is 0 Å². The topological polar surface area (TPSA) is 58.6 Å². The first kappa shape index (κ1) is 19.9. The number of nitrogens with zero attached hydrogens (tertiary/aromatic N) is 1. The Kier molecular flexibility index (Phi) is 7.06. The highest BCUT2D eigenvalue weighted by Gasteiger charge is 2.24. The van der Waals surface area contributed by atoms with Crippen LogP contribution in [0.2, 0.25) is 0 Å². The number of rotatable bonds is 7. The van der Waals surface area contributed by atoms with Gasteiger partial charge in [-0.25, -0.2) is 0 Å². The van der Waals surface area contributed by atoms with Gasteiger partial charge < -0.3 is 15.0 Å². The molecule has 5 heteroatoms. The van der Waals surface area contributed by atoms with Crippen LogP contribution in [0.3, 0.4) is 0 Å². The highest BCUT2D eigenvalue weighted by Crippen LogP contribution is 2.17. The summed E-state index contributed by atoms with van der Waals surface area (Å²) in [6.45, 7) is 3.87. The van der Waals surface area contributed by atoms with Crippen LogP contribution in [0.25, 0.3) is 0 Å². The van der Waals surface area contributed by atoms with Gasteiger partial charge in [0.25, 0.3) is 5.91 Å². The lowest BCUT2D eigenvalue weighted by atomic mass is 10.0. The summed E-state index contributed by atoms with van der Waals surface area (Å²) in [6.07, 6.45) is 2.83. The molecule has 1 fully saturated rings. The van der Waals surface area contributed by atoms with Gasteiger partial charge in [0, 0.05) is 31.1 Å². The first-order valence-electron chi connectivity index (χ1n) is 10.0. The number of nitrogens with one attached hydrogen (secondary N) is 1. The molecule has 1 aliphatic heterocycles. The number of benzene rings is 2. The predicted molar refractivity (Wildman–Crippen MR) is 109 cm³/mol. The number of hydrogen-bond acceptors (Lipinski definition) is 3. The van der Waals surface area contributed by atoms with E-state index in [-0.39, 0.29) is 17.9 Å². The van der Waals surface area contributed by atoms with E-state index in [1.807, 2.05) is 66.4 Å². The van der Waals surface area contributed by atoms with E-state index in [1.165, 1.54) is 5.56 Å². The Bertz CT molecular complexity index is 766. The highest BCUT2D eigenvalue weighted by molar-refractivity contribution is 5.94. The third-order valence-corrected chi connectivity index (χ3v) is 5.04. The maximum atomic E-state index is 12.7. The molecule has 0 atom stereocenters. The van der Waals surface area contributed by atoms with Gasteiger partial charge in [-0.1, -0.05) is 30.3 Å². The van der Waals surface area contributed by atoms with E-state index in [9.17, 15) is 9.59 Å². The van der Waals surface area contributed by atoms with Crippen molar-refractivity contribution in [1.29, 1.82) is 0 Å². The van der Waals surface area contributed by atoms with E-state index in [1.54, 1.807) is 0 Å². The van der Waals surface area contributed by atoms with Crippen molar-refractivity contribution in [2.45, 2.75) is 38.6 Å². The zero-order valence-electron chi connectivity index (χ0n) is 16.4. The van der Waals surface area contributed by atoms with Crippen molar-refractivity contribution in [2.75, 3.05) is 19.7 Å². The number of aryl methyl sites for hydroxylation is 1. The van der Waals surface area contributed by atoms with Crippen LogP contribution in [-0.2, 0) is 11.2 Å². The summed E-state index contributed by atoms with van der Waals surface area (Å²) < 4.78 is 5.42. The molecule has 0 aromatic heterocycles. The quantitative estimate of drug-likeness (QED) is 0.800. The number of hydrogen-bond donors (Lipinski definition) is 1. The minimum Gasteiger partial charge on any atom is -0.494 e. The number of ether oxygens (including phenoxy) is 1. The third kappa shape index (κ3) is 5.59. The monoisotopic (exact) mass is 380 g/mol. The van der Waals surface area contributed by atoms with Gasteiger partial charge >= 0.3 is 0 Å². The van der Waals surface area contributed by atoms with Gasteiger partial charge in [-0.2, -0.15) is 0 Å². The van der Waals surface area contributed by atoms with E-state index in [2.05, 4.69) is 5.32 Å². The Morgan fingerprint density at radius 1 is 1.04 bits per heavy atom. The van der Waals surface area contributed by atoms with E-state index >= 15 is 0 Å². The fourth-order valence-electron chi connectivity index (χ4n) is 3.47. The molecule has 2 aromatic carbocycles. The molecule has 1 saturated heterocycles. The molecule has 3 rings (SSSR count). The van der Waals surface area contributed by atoms with Gasteiger partial charge in [-0.05, 0) is 56.0 Å². The van der Waals surface area contributed by atoms with E-state index < -0.39 is 0 Å². The first-order chi connectivity index (χ1) is 13.7. The summed E-state index contributed by atoms with van der Waals surface area (Å²) in [5.41, 5.74) is 1.85. The van der Waals surface area contributed by atoms with Crippen LogP contribution >= 0.6 is 0 Å². The number of likely N-dealkylation sites (tertiary alicyclic amines) is 1. The van der Waals surface area contributed by atoms with Crippen molar-refractivity contribution in [2.24, 2.45) is 0 Å². The molecule has 0 spiro atoms. The van der Waals surface area contributed by atoms with Crippen molar-refractivity contribution in [3.8, 4) is 5.75 Å². The summed E-state index contributed by atoms with van der Waals surface area (Å²) in [4.78, 5) is 26.7. The van der Waals surface area contributed by atoms with Gasteiger partial charge in [0.1, 0.15) is 5.75 Å². The zero-order valence-corrected chi connectivity index (χ0v) is 16.4. The zero-order chi connectivity index (χ0) is 19.8. The largest absolute Gasteiger partial charge is 0.494 e. The van der Waals surface area contributed by atoms with Crippen LogP contribution < -0.4 is 10.1 Å². The van der Waals surface area contributed by atoms with Gasteiger partial charge in [0.2, 0.25) is 5.91 Å². The Morgan fingerprint density at radius 2 is 1.71 bits per heavy atom. The van der Waals surface area contributed by atoms with E-state index in [0.717, 1.165) is 25.0 Å². The molecule has 1 aliphatic rings.